The normalized spacial score (nSPS) is 12.5. The fraction of sp³-hybridized carbons (Fsp3) is 0.615. The minimum absolute atomic E-state index is 0.546. The van der Waals surface area contributed by atoms with Crippen molar-refractivity contribution in [3.05, 3.63) is 29.1 Å². The van der Waals surface area contributed by atoms with Crippen LogP contribution < -0.4 is 5.32 Å². The van der Waals surface area contributed by atoms with Crippen LogP contribution in [0.4, 0.5) is 0 Å². The summed E-state index contributed by atoms with van der Waals surface area (Å²) in [6, 6.07) is 0.546. The summed E-state index contributed by atoms with van der Waals surface area (Å²) in [6.07, 6.45) is 6.52. The highest BCUT2D eigenvalue weighted by Gasteiger charge is 2.03. The Labute approximate surface area is 98.3 Å². The molecule has 0 saturated heterocycles. The van der Waals surface area contributed by atoms with Crippen LogP contribution >= 0.6 is 0 Å². The van der Waals surface area contributed by atoms with Gasteiger partial charge >= 0.3 is 0 Å². The average Bonchev–Trinajstić information content (AvgIpc) is 2.60. The molecule has 0 aliphatic carbocycles. The third-order valence-corrected chi connectivity index (χ3v) is 2.73. The Morgan fingerprint density at radius 1 is 1.56 bits per heavy atom. The van der Waals surface area contributed by atoms with E-state index in [-0.39, 0.29) is 0 Å². The van der Waals surface area contributed by atoms with E-state index >= 15 is 0 Å². The molecule has 1 rings (SSSR count). The Balaban J connectivity index is 2.23. The number of hydrogen-bond donors (Lipinski definition) is 2. The zero-order valence-corrected chi connectivity index (χ0v) is 10.8. The molecule has 3 nitrogen and oxygen atoms in total. The second-order valence-corrected chi connectivity index (χ2v) is 4.66. The molecule has 0 radical (unpaired) electrons. The predicted octanol–water partition coefficient (Wildman–Crippen LogP) is 2.94. The van der Waals surface area contributed by atoms with Gasteiger partial charge in [-0.2, -0.15) is 5.10 Å². The molecule has 0 aliphatic heterocycles. The first-order chi connectivity index (χ1) is 7.59. The van der Waals surface area contributed by atoms with Crippen LogP contribution in [0.2, 0.25) is 0 Å². The van der Waals surface area contributed by atoms with Crippen molar-refractivity contribution >= 4 is 0 Å². The van der Waals surface area contributed by atoms with E-state index < -0.39 is 0 Å². The van der Waals surface area contributed by atoms with Crippen molar-refractivity contribution in [3.63, 3.8) is 0 Å². The second kappa shape index (κ2) is 6.48. The molecule has 3 heteroatoms. The van der Waals surface area contributed by atoms with Crippen LogP contribution in [0.25, 0.3) is 0 Å². The number of nitrogens with zero attached hydrogens (tertiary/aromatic N) is 1. The van der Waals surface area contributed by atoms with Crippen LogP contribution in [-0.4, -0.2) is 16.2 Å². The van der Waals surface area contributed by atoms with Crippen molar-refractivity contribution in [1.82, 2.24) is 15.5 Å². The molecule has 0 amide bonds. The van der Waals surface area contributed by atoms with Crippen LogP contribution in [-0.2, 0) is 6.54 Å². The minimum Gasteiger partial charge on any atom is -0.310 e. The molecule has 0 bridgehead atoms. The zero-order valence-electron chi connectivity index (χ0n) is 10.8. The third-order valence-electron chi connectivity index (χ3n) is 2.73. The van der Waals surface area contributed by atoms with Crippen molar-refractivity contribution in [2.24, 2.45) is 0 Å². The molecular weight excluding hydrogens is 198 g/mol. The smallest absolute Gasteiger partial charge is 0.0535 e. The summed E-state index contributed by atoms with van der Waals surface area (Å²) in [6.45, 7) is 9.48. The molecule has 1 aromatic heterocycles. The molecule has 16 heavy (non-hydrogen) atoms. The number of allylic oxidation sites excluding steroid dienone is 2. The Bertz CT molecular complexity index is 335. The molecule has 0 aromatic carbocycles. The summed E-state index contributed by atoms with van der Waals surface area (Å²) in [4.78, 5) is 0. The molecule has 2 N–H and O–H groups in total. The van der Waals surface area contributed by atoms with E-state index in [1.54, 1.807) is 0 Å². The number of rotatable bonds is 6. The fourth-order valence-electron chi connectivity index (χ4n) is 1.56. The summed E-state index contributed by atoms with van der Waals surface area (Å²) < 4.78 is 0. The monoisotopic (exact) mass is 221 g/mol. The van der Waals surface area contributed by atoms with Crippen molar-refractivity contribution in [2.75, 3.05) is 0 Å². The van der Waals surface area contributed by atoms with Crippen molar-refractivity contribution < 1.29 is 0 Å². The van der Waals surface area contributed by atoms with Gasteiger partial charge in [0.1, 0.15) is 0 Å². The summed E-state index contributed by atoms with van der Waals surface area (Å²) in [5, 5.41) is 10.5. The molecule has 1 atom stereocenters. The van der Waals surface area contributed by atoms with E-state index in [1.807, 2.05) is 6.20 Å². The van der Waals surface area contributed by atoms with E-state index in [0.29, 0.717) is 6.04 Å². The van der Waals surface area contributed by atoms with E-state index in [9.17, 15) is 0 Å². The van der Waals surface area contributed by atoms with Crippen molar-refractivity contribution in [2.45, 2.75) is 53.1 Å². The van der Waals surface area contributed by atoms with Gasteiger partial charge in [0.25, 0.3) is 0 Å². The quantitative estimate of drug-likeness (QED) is 0.725. The van der Waals surface area contributed by atoms with Gasteiger partial charge in [-0.05, 0) is 40.5 Å². The minimum atomic E-state index is 0.546. The number of nitrogens with one attached hydrogen (secondary N) is 2. The van der Waals surface area contributed by atoms with Crippen molar-refractivity contribution in [3.8, 4) is 0 Å². The Morgan fingerprint density at radius 3 is 2.88 bits per heavy atom. The van der Waals surface area contributed by atoms with Crippen LogP contribution in [0.1, 0.15) is 44.9 Å². The maximum Gasteiger partial charge on any atom is 0.0535 e. The third kappa shape index (κ3) is 4.62. The molecule has 90 valence electrons. The first kappa shape index (κ1) is 13.0. The Hall–Kier alpha value is -1.09. The molecule has 0 aliphatic rings. The van der Waals surface area contributed by atoms with Gasteiger partial charge in [-0.25, -0.2) is 0 Å². The molecule has 0 fully saturated rings. The largest absolute Gasteiger partial charge is 0.310 e. The summed E-state index contributed by atoms with van der Waals surface area (Å²) >= 11 is 0. The van der Waals surface area contributed by atoms with E-state index in [1.165, 1.54) is 17.6 Å². The molecule has 0 spiro atoms. The van der Waals surface area contributed by atoms with E-state index in [2.05, 4.69) is 49.3 Å². The number of aromatic nitrogens is 2. The van der Waals surface area contributed by atoms with Gasteiger partial charge in [-0.3, -0.25) is 5.10 Å². The first-order valence-electron chi connectivity index (χ1n) is 5.95. The van der Waals surface area contributed by atoms with Crippen molar-refractivity contribution in [1.29, 1.82) is 0 Å². The lowest BCUT2D eigenvalue weighted by Crippen LogP contribution is -2.25. The maximum atomic E-state index is 4.01. The van der Waals surface area contributed by atoms with Crippen LogP contribution in [0.5, 0.6) is 0 Å². The predicted molar refractivity (Wildman–Crippen MR) is 68.3 cm³/mol. The van der Waals surface area contributed by atoms with Crippen LogP contribution in [0.15, 0.2) is 17.8 Å². The SMILES string of the molecule is CC(C)=CCCC(C)NCc1cn[nH]c1C. The first-order valence-corrected chi connectivity index (χ1v) is 5.95. The lowest BCUT2D eigenvalue weighted by Gasteiger charge is -2.12. The van der Waals surface area contributed by atoms with Gasteiger partial charge in [0.2, 0.25) is 0 Å². The van der Waals surface area contributed by atoms with Gasteiger partial charge in [0.05, 0.1) is 6.20 Å². The lowest BCUT2D eigenvalue weighted by atomic mass is 10.1. The van der Waals surface area contributed by atoms with Gasteiger partial charge in [0, 0.05) is 23.8 Å². The fourth-order valence-corrected chi connectivity index (χ4v) is 1.56. The number of aryl methyl sites for hydroxylation is 1. The Morgan fingerprint density at radius 2 is 2.31 bits per heavy atom. The summed E-state index contributed by atoms with van der Waals surface area (Å²) in [7, 11) is 0. The zero-order chi connectivity index (χ0) is 12.0. The second-order valence-electron chi connectivity index (χ2n) is 4.66. The summed E-state index contributed by atoms with van der Waals surface area (Å²) in [5.41, 5.74) is 3.82. The highest BCUT2D eigenvalue weighted by molar-refractivity contribution is 5.13. The van der Waals surface area contributed by atoms with Gasteiger partial charge < -0.3 is 5.32 Å². The molecule has 0 saturated carbocycles. The highest BCUT2D eigenvalue weighted by atomic mass is 15.1. The maximum absolute atomic E-state index is 4.01. The molecule has 1 aromatic rings. The molecule has 1 heterocycles. The van der Waals surface area contributed by atoms with Crippen LogP contribution in [0, 0.1) is 6.92 Å². The van der Waals surface area contributed by atoms with Gasteiger partial charge in [0.15, 0.2) is 0 Å². The van der Waals surface area contributed by atoms with Gasteiger partial charge in [-0.1, -0.05) is 11.6 Å². The van der Waals surface area contributed by atoms with Crippen LogP contribution in [0.3, 0.4) is 0 Å². The Kier molecular flexibility index (Phi) is 5.26. The standard InChI is InChI=1S/C13H23N3/c1-10(2)6-5-7-11(3)14-8-13-9-15-16-12(13)4/h6,9,11,14H,5,7-8H2,1-4H3,(H,15,16). The lowest BCUT2D eigenvalue weighted by molar-refractivity contribution is 0.517. The van der Waals surface area contributed by atoms with E-state index in [4.69, 9.17) is 0 Å². The number of hydrogen-bond acceptors (Lipinski definition) is 2. The topological polar surface area (TPSA) is 40.7 Å². The number of aromatic amines is 1. The van der Waals surface area contributed by atoms with E-state index in [0.717, 1.165) is 18.7 Å². The number of H-pyrrole nitrogens is 1. The summed E-state index contributed by atoms with van der Waals surface area (Å²) in [5.74, 6) is 0. The highest BCUT2D eigenvalue weighted by Crippen LogP contribution is 2.05. The molecule has 1 unspecified atom stereocenters. The van der Waals surface area contributed by atoms with Gasteiger partial charge in [-0.15, -0.1) is 0 Å². The average molecular weight is 221 g/mol. The molecular formula is C13H23N3.